The maximum Gasteiger partial charge on any atom is 0.256 e. The van der Waals surface area contributed by atoms with E-state index in [9.17, 15) is 9.18 Å². The van der Waals surface area contributed by atoms with Crippen LogP contribution in [0.1, 0.15) is 41.6 Å². The van der Waals surface area contributed by atoms with E-state index in [1.165, 1.54) is 6.42 Å². The molecule has 1 aromatic rings. The smallest absolute Gasteiger partial charge is 0.256 e. The molecule has 4 heteroatoms. The van der Waals surface area contributed by atoms with Gasteiger partial charge in [0.2, 0.25) is 0 Å². The molecule has 1 aliphatic carbocycles. The third-order valence-corrected chi connectivity index (χ3v) is 4.41. The SMILES string of the molecule is Cc1cccc(C(=O)N(C)C2CCCCC2CN)c1F. The Balaban J connectivity index is 2.21. The summed E-state index contributed by atoms with van der Waals surface area (Å²) in [6, 6.07) is 5.08. The summed E-state index contributed by atoms with van der Waals surface area (Å²) in [4.78, 5) is 14.2. The fourth-order valence-corrected chi connectivity index (χ4v) is 3.13. The van der Waals surface area contributed by atoms with Crippen molar-refractivity contribution in [3.8, 4) is 0 Å². The molecule has 0 radical (unpaired) electrons. The molecule has 0 aliphatic heterocycles. The van der Waals surface area contributed by atoms with E-state index in [4.69, 9.17) is 5.73 Å². The number of rotatable bonds is 3. The van der Waals surface area contributed by atoms with Crippen LogP contribution in [0.25, 0.3) is 0 Å². The minimum absolute atomic E-state index is 0.126. The second-order valence-electron chi connectivity index (χ2n) is 5.70. The summed E-state index contributed by atoms with van der Waals surface area (Å²) < 4.78 is 14.1. The van der Waals surface area contributed by atoms with E-state index < -0.39 is 5.82 Å². The third kappa shape index (κ3) is 2.85. The molecule has 2 N–H and O–H groups in total. The zero-order valence-corrected chi connectivity index (χ0v) is 12.2. The zero-order chi connectivity index (χ0) is 14.7. The molecule has 20 heavy (non-hydrogen) atoms. The molecule has 2 unspecified atom stereocenters. The van der Waals surface area contributed by atoms with Crippen LogP contribution < -0.4 is 5.73 Å². The van der Waals surface area contributed by atoms with E-state index in [1.54, 1.807) is 37.1 Å². The van der Waals surface area contributed by atoms with Gasteiger partial charge in [-0.05, 0) is 43.9 Å². The number of carbonyl (C=O) groups excluding carboxylic acids is 1. The summed E-state index contributed by atoms with van der Waals surface area (Å²) in [6.07, 6.45) is 4.28. The Hall–Kier alpha value is -1.42. The van der Waals surface area contributed by atoms with Gasteiger partial charge >= 0.3 is 0 Å². The van der Waals surface area contributed by atoms with E-state index in [1.807, 2.05) is 0 Å². The Morgan fingerprint density at radius 2 is 2.10 bits per heavy atom. The molecule has 110 valence electrons. The van der Waals surface area contributed by atoms with Gasteiger partial charge in [-0.25, -0.2) is 4.39 Å². The van der Waals surface area contributed by atoms with Gasteiger partial charge in [0, 0.05) is 13.1 Å². The molecule has 1 fully saturated rings. The number of benzene rings is 1. The standard InChI is InChI=1S/C16H23FN2O/c1-11-6-5-8-13(15(11)17)16(20)19(2)14-9-4-3-7-12(14)10-18/h5-6,8,12,14H,3-4,7,9-10,18H2,1-2H3. The van der Waals surface area contributed by atoms with Gasteiger partial charge in [-0.15, -0.1) is 0 Å². The summed E-state index contributed by atoms with van der Waals surface area (Å²) >= 11 is 0. The van der Waals surface area contributed by atoms with Crippen molar-refractivity contribution in [3.05, 3.63) is 35.1 Å². The Morgan fingerprint density at radius 3 is 2.80 bits per heavy atom. The van der Waals surface area contributed by atoms with Crippen molar-refractivity contribution in [3.63, 3.8) is 0 Å². The maximum absolute atomic E-state index is 14.1. The third-order valence-electron chi connectivity index (χ3n) is 4.41. The first kappa shape index (κ1) is 15.0. The second kappa shape index (κ2) is 6.35. The minimum Gasteiger partial charge on any atom is -0.338 e. The summed E-state index contributed by atoms with van der Waals surface area (Å²) in [5.41, 5.74) is 6.48. The lowest BCUT2D eigenvalue weighted by Crippen LogP contribution is -2.46. The number of hydrogen-bond donors (Lipinski definition) is 1. The molecule has 1 aromatic carbocycles. The van der Waals surface area contributed by atoms with E-state index in [0.29, 0.717) is 18.0 Å². The Labute approximate surface area is 120 Å². The number of aryl methyl sites for hydroxylation is 1. The topological polar surface area (TPSA) is 46.3 Å². The van der Waals surface area contributed by atoms with Crippen molar-refractivity contribution in [2.24, 2.45) is 11.7 Å². The number of carbonyl (C=O) groups is 1. The molecule has 1 amide bonds. The Bertz CT molecular complexity index is 489. The highest BCUT2D eigenvalue weighted by atomic mass is 19.1. The molecule has 1 saturated carbocycles. The molecule has 0 saturated heterocycles. The highest BCUT2D eigenvalue weighted by molar-refractivity contribution is 5.94. The molecule has 3 nitrogen and oxygen atoms in total. The van der Waals surface area contributed by atoms with Gasteiger partial charge in [0.15, 0.2) is 0 Å². The first-order valence-corrected chi connectivity index (χ1v) is 7.28. The lowest BCUT2D eigenvalue weighted by Gasteiger charge is -2.37. The molecule has 0 aromatic heterocycles. The van der Waals surface area contributed by atoms with Crippen molar-refractivity contribution < 1.29 is 9.18 Å². The second-order valence-corrected chi connectivity index (χ2v) is 5.70. The van der Waals surface area contributed by atoms with Crippen LogP contribution in [0.4, 0.5) is 4.39 Å². The summed E-state index contributed by atoms with van der Waals surface area (Å²) in [5.74, 6) is -0.327. The predicted molar refractivity (Wildman–Crippen MR) is 78.0 cm³/mol. The van der Waals surface area contributed by atoms with Crippen LogP contribution in [-0.4, -0.2) is 30.4 Å². The highest BCUT2D eigenvalue weighted by Crippen LogP contribution is 2.28. The number of nitrogens with two attached hydrogens (primary N) is 1. The van der Waals surface area contributed by atoms with E-state index in [2.05, 4.69) is 0 Å². The van der Waals surface area contributed by atoms with Crippen LogP contribution in [0.2, 0.25) is 0 Å². The molecule has 0 bridgehead atoms. The average molecular weight is 278 g/mol. The maximum atomic E-state index is 14.1. The van der Waals surface area contributed by atoms with Gasteiger partial charge in [-0.2, -0.15) is 0 Å². The van der Waals surface area contributed by atoms with Gasteiger partial charge in [-0.1, -0.05) is 25.0 Å². The first-order chi connectivity index (χ1) is 9.56. The monoisotopic (exact) mass is 278 g/mol. The van der Waals surface area contributed by atoms with Crippen LogP contribution in [0, 0.1) is 18.7 Å². The Kier molecular flexibility index (Phi) is 4.76. The predicted octanol–water partition coefficient (Wildman–Crippen LogP) is 2.72. The fraction of sp³-hybridized carbons (Fsp3) is 0.562. The fourth-order valence-electron chi connectivity index (χ4n) is 3.13. The van der Waals surface area contributed by atoms with E-state index in [0.717, 1.165) is 19.3 Å². The number of amides is 1. The van der Waals surface area contributed by atoms with Gasteiger partial charge in [0.05, 0.1) is 5.56 Å². The molecule has 0 spiro atoms. The average Bonchev–Trinajstić information content (AvgIpc) is 2.48. The first-order valence-electron chi connectivity index (χ1n) is 7.28. The van der Waals surface area contributed by atoms with Crippen LogP contribution in [-0.2, 0) is 0 Å². The van der Waals surface area contributed by atoms with Gasteiger partial charge in [-0.3, -0.25) is 4.79 Å². The van der Waals surface area contributed by atoms with Gasteiger partial charge in [0.1, 0.15) is 5.82 Å². The Morgan fingerprint density at radius 1 is 1.40 bits per heavy atom. The van der Waals surface area contributed by atoms with Crippen molar-refractivity contribution in [2.75, 3.05) is 13.6 Å². The van der Waals surface area contributed by atoms with Crippen molar-refractivity contribution in [1.82, 2.24) is 4.90 Å². The highest BCUT2D eigenvalue weighted by Gasteiger charge is 2.31. The lowest BCUT2D eigenvalue weighted by atomic mass is 9.83. The lowest BCUT2D eigenvalue weighted by molar-refractivity contribution is 0.0615. The molecule has 0 heterocycles. The largest absolute Gasteiger partial charge is 0.338 e. The quantitative estimate of drug-likeness (QED) is 0.924. The number of hydrogen-bond acceptors (Lipinski definition) is 2. The van der Waals surface area contributed by atoms with Crippen molar-refractivity contribution in [2.45, 2.75) is 38.6 Å². The van der Waals surface area contributed by atoms with Crippen LogP contribution >= 0.6 is 0 Å². The molecule has 2 rings (SSSR count). The van der Waals surface area contributed by atoms with Crippen molar-refractivity contribution in [1.29, 1.82) is 0 Å². The molecular formula is C16H23FN2O. The molecular weight excluding hydrogens is 255 g/mol. The molecule has 1 aliphatic rings. The summed E-state index contributed by atoms with van der Waals surface area (Å²) in [6.45, 7) is 2.26. The number of nitrogens with zero attached hydrogens (tertiary/aromatic N) is 1. The van der Waals surface area contributed by atoms with Crippen LogP contribution in [0.5, 0.6) is 0 Å². The zero-order valence-electron chi connectivity index (χ0n) is 12.2. The van der Waals surface area contributed by atoms with E-state index >= 15 is 0 Å². The van der Waals surface area contributed by atoms with Crippen LogP contribution in [0.15, 0.2) is 18.2 Å². The number of halogens is 1. The molecule has 2 atom stereocenters. The van der Waals surface area contributed by atoms with Crippen molar-refractivity contribution >= 4 is 5.91 Å². The summed E-state index contributed by atoms with van der Waals surface area (Å²) in [5, 5.41) is 0. The van der Waals surface area contributed by atoms with E-state index in [-0.39, 0.29) is 17.5 Å². The minimum atomic E-state index is -0.413. The summed E-state index contributed by atoms with van der Waals surface area (Å²) in [7, 11) is 1.77. The van der Waals surface area contributed by atoms with Gasteiger partial charge < -0.3 is 10.6 Å². The normalized spacial score (nSPS) is 22.6. The van der Waals surface area contributed by atoms with Gasteiger partial charge in [0.25, 0.3) is 5.91 Å². The van der Waals surface area contributed by atoms with Crippen LogP contribution in [0.3, 0.4) is 0 Å².